The zero-order valence-electron chi connectivity index (χ0n) is 19.3. The van der Waals surface area contributed by atoms with Crippen molar-refractivity contribution >= 4 is 44.8 Å². The van der Waals surface area contributed by atoms with Gasteiger partial charge in [0.1, 0.15) is 0 Å². The van der Waals surface area contributed by atoms with Crippen LogP contribution in [0, 0.1) is 0 Å². The molecule has 0 saturated heterocycles. The van der Waals surface area contributed by atoms with Crippen LogP contribution in [0.4, 0.5) is 0 Å². The molecule has 0 radical (unpaired) electrons. The molecule has 0 fully saturated rings. The predicted molar refractivity (Wildman–Crippen MR) is 132 cm³/mol. The molecule has 0 bridgehead atoms. The maximum Gasteiger partial charge on any atom is 0.259 e. The van der Waals surface area contributed by atoms with Crippen LogP contribution >= 0.6 is 0 Å². The van der Waals surface area contributed by atoms with E-state index in [1.54, 1.807) is 20.4 Å². The van der Waals surface area contributed by atoms with Gasteiger partial charge in [0, 0.05) is 41.0 Å². The molecular weight excluding hydrogens is 432 g/mol. The van der Waals surface area contributed by atoms with Crippen molar-refractivity contribution in [2.75, 3.05) is 27.8 Å². The third-order valence-corrected chi connectivity index (χ3v) is 6.27. The number of nitrogens with zero attached hydrogens (tertiary/aromatic N) is 1. The third kappa shape index (κ3) is 3.34. The molecule has 5 rings (SSSR count). The first-order valence-electron chi connectivity index (χ1n) is 11.1. The van der Waals surface area contributed by atoms with Crippen molar-refractivity contribution < 1.29 is 19.1 Å². The smallest absolute Gasteiger partial charge is 0.259 e. The molecule has 1 aliphatic heterocycles. The summed E-state index contributed by atoms with van der Waals surface area (Å²) in [6.45, 7) is 1.59. The molecule has 174 valence electrons. The van der Waals surface area contributed by atoms with Crippen LogP contribution in [-0.2, 0) is 16.1 Å². The number of methoxy groups -OCH3 is 2. The lowest BCUT2D eigenvalue weighted by Gasteiger charge is -2.11. The number of nitrogens with one attached hydrogen (secondary N) is 3. The molecule has 0 atom stereocenters. The van der Waals surface area contributed by atoms with Gasteiger partial charge in [-0.1, -0.05) is 18.2 Å². The van der Waals surface area contributed by atoms with E-state index in [0.29, 0.717) is 33.8 Å². The van der Waals surface area contributed by atoms with Crippen LogP contribution in [0.15, 0.2) is 48.8 Å². The van der Waals surface area contributed by atoms with Crippen molar-refractivity contribution in [3.05, 3.63) is 59.9 Å². The van der Waals surface area contributed by atoms with E-state index >= 15 is 0 Å². The summed E-state index contributed by atoms with van der Waals surface area (Å²) in [6.07, 6.45) is 4.61. The maximum absolute atomic E-state index is 13.2. The van der Waals surface area contributed by atoms with E-state index in [1.165, 1.54) is 0 Å². The molecule has 8 heteroatoms. The molecule has 2 amide bonds. The Hall–Kier alpha value is -4.04. The van der Waals surface area contributed by atoms with E-state index in [-0.39, 0.29) is 0 Å². The van der Waals surface area contributed by atoms with Gasteiger partial charge in [-0.15, -0.1) is 0 Å². The number of fused-ring (bicyclic) bond motifs is 2. The number of benzene rings is 2. The molecule has 0 spiro atoms. The van der Waals surface area contributed by atoms with Crippen LogP contribution in [0.25, 0.3) is 33.0 Å². The lowest BCUT2D eigenvalue weighted by Crippen LogP contribution is -2.22. The highest BCUT2D eigenvalue weighted by molar-refractivity contribution is 6.51. The molecule has 0 saturated carbocycles. The molecule has 2 aromatic carbocycles. The van der Waals surface area contributed by atoms with Gasteiger partial charge in [0.05, 0.1) is 36.3 Å². The topological polar surface area (TPSA) is 97.4 Å². The fourth-order valence-electron chi connectivity index (χ4n) is 4.75. The summed E-state index contributed by atoms with van der Waals surface area (Å²) in [7, 11) is 5.07. The molecule has 1 aliphatic rings. The Labute approximate surface area is 196 Å². The molecule has 4 aromatic rings. The number of hydrogen-bond acceptors (Lipinski definition) is 5. The Bertz CT molecular complexity index is 1460. The van der Waals surface area contributed by atoms with Crippen LogP contribution in [-0.4, -0.2) is 49.2 Å². The fourth-order valence-corrected chi connectivity index (χ4v) is 4.75. The van der Waals surface area contributed by atoms with Gasteiger partial charge in [0.15, 0.2) is 11.5 Å². The Kier molecular flexibility index (Phi) is 5.59. The third-order valence-electron chi connectivity index (χ3n) is 6.27. The second-order valence-electron chi connectivity index (χ2n) is 8.17. The number of aromatic nitrogens is 2. The fraction of sp³-hybridized carbons (Fsp3) is 0.231. The Balaban J connectivity index is 1.82. The van der Waals surface area contributed by atoms with Gasteiger partial charge in [0.2, 0.25) is 0 Å². The van der Waals surface area contributed by atoms with Crippen molar-refractivity contribution in [2.24, 2.45) is 0 Å². The van der Waals surface area contributed by atoms with E-state index < -0.39 is 11.8 Å². The number of aromatic amines is 1. The van der Waals surface area contributed by atoms with Crippen molar-refractivity contribution in [2.45, 2.75) is 13.0 Å². The molecule has 2 aromatic heterocycles. The van der Waals surface area contributed by atoms with Crippen LogP contribution < -0.4 is 20.1 Å². The standard InChI is InChI=1S/C26H26N4O4/c1-27-11-6-12-30-14-17(21-19(30)9-10-20(33-2)24(21)34-3)23-22(25(31)29-26(23)32)16-13-28-18-8-5-4-7-15(16)18/h4-5,7-10,13-14,27-28H,6,11-12H2,1-3H3,(H,29,31,32). The van der Waals surface area contributed by atoms with Crippen LogP contribution in [0.5, 0.6) is 11.5 Å². The number of imide groups is 1. The minimum Gasteiger partial charge on any atom is -0.493 e. The van der Waals surface area contributed by atoms with Crippen LogP contribution in [0.2, 0.25) is 0 Å². The Morgan fingerprint density at radius 1 is 0.971 bits per heavy atom. The molecule has 3 N–H and O–H groups in total. The average molecular weight is 459 g/mol. The number of H-pyrrole nitrogens is 1. The lowest BCUT2D eigenvalue weighted by molar-refractivity contribution is -0.122. The molecule has 34 heavy (non-hydrogen) atoms. The van der Waals surface area contributed by atoms with E-state index in [9.17, 15) is 9.59 Å². The van der Waals surface area contributed by atoms with E-state index in [4.69, 9.17) is 9.47 Å². The SMILES string of the molecule is CNCCCn1cc(C2=C(c3c[nH]c4ccccc34)C(=O)NC2=O)c2c(OC)c(OC)ccc21. The van der Waals surface area contributed by atoms with Gasteiger partial charge in [-0.2, -0.15) is 0 Å². The highest BCUT2D eigenvalue weighted by atomic mass is 16.5. The highest BCUT2D eigenvalue weighted by Crippen LogP contribution is 2.44. The van der Waals surface area contributed by atoms with Gasteiger partial charge in [-0.05, 0) is 38.2 Å². The molecule has 3 heterocycles. The molecule has 0 unspecified atom stereocenters. The van der Waals surface area contributed by atoms with Crippen LogP contribution in [0.3, 0.4) is 0 Å². The van der Waals surface area contributed by atoms with E-state index in [0.717, 1.165) is 41.3 Å². The highest BCUT2D eigenvalue weighted by Gasteiger charge is 2.36. The summed E-state index contributed by atoms with van der Waals surface area (Å²) in [4.78, 5) is 29.5. The summed E-state index contributed by atoms with van der Waals surface area (Å²) in [5.41, 5.74) is 3.80. The minimum atomic E-state index is -0.426. The summed E-state index contributed by atoms with van der Waals surface area (Å²) in [6, 6.07) is 11.5. The maximum atomic E-state index is 13.2. The summed E-state index contributed by atoms with van der Waals surface area (Å²) in [5.74, 6) is 0.246. The Morgan fingerprint density at radius 2 is 1.74 bits per heavy atom. The summed E-state index contributed by atoms with van der Waals surface area (Å²) < 4.78 is 13.4. The number of carbonyl (C=O) groups excluding carboxylic acids is 2. The van der Waals surface area contributed by atoms with Gasteiger partial charge in [-0.25, -0.2) is 0 Å². The van der Waals surface area contributed by atoms with E-state index in [1.807, 2.05) is 49.6 Å². The number of hydrogen-bond donors (Lipinski definition) is 3. The van der Waals surface area contributed by atoms with Crippen molar-refractivity contribution in [3.8, 4) is 11.5 Å². The second kappa shape index (κ2) is 8.72. The first-order chi connectivity index (χ1) is 16.6. The largest absolute Gasteiger partial charge is 0.493 e. The van der Waals surface area contributed by atoms with Crippen molar-refractivity contribution in [3.63, 3.8) is 0 Å². The molecular formula is C26H26N4O4. The number of aryl methyl sites for hydroxylation is 1. The van der Waals surface area contributed by atoms with Gasteiger partial charge in [-0.3, -0.25) is 14.9 Å². The first kappa shape index (κ1) is 21.8. The average Bonchev–Trinajstić information content (AvgIpc) is 3.51. The normalized spacial score (nSPS) is 13.9. The Morgan fingerprint density at radius 3 is 2.47 bits per heavy atom. The zero-order chi connectivity index (χ0) is 23.8. The second-order valence-corrected chi connectivity index (χ2v) is 8.17. The number of amides is 2. The van der Waals surface area contributed by atoms with Crippen LogP contribution in [0.1, 0.15) is 17.5 Å². The number of rotatable bonds is 8. The predicted octanol–water partition coefficient (Wildman–Crippen LogP) is 3.32. The van der Waals surface area contributed by atoms with Crippen molar-refractivity contribution in [1.29, 1.82) is 0 Å². The lowest BCUT2D eigenvalue weighted by atomic mass is 9.95. The minimum absolute atomic E-state index is 0.332. The molecule has 0 aliphatic carbocycles. The summed E-state index contributed by atoms with van der Waals surface area (Å²) in [5, 5.41) is 7.28. The van der Waals surface area contributed by atoms with Gasteiger partial charge < -0.3 is 24.3 Å². The molecule has 8 nitrogen and oxygen atoms in total. The van der Waals surface area contributed by atoms with Gasteiger partial charge >= 0.3 is 0 Å². The van der Waals surface area contributed by atoms with Crippen molar-refractivity contribution in [1.82, 2.24) is 20.2 Å². The number of carbonyl (C=O) groups is 2. The first-order valence-corrected chi connectivity index (χ1v) is 11.1. The monoisotopic (exact) mass is 458 g/mol. The summed E-state index contributed by atoms with van der Waals surface area (Å²) >= 11 is 0. The zero-order valence-corrected chi connectivity index (χ0v) is 19.3. The van der Waals surface area contributed by atoms with E-state index in [2.05, 4.69) is 20.2 Å². The quantitative estimate of drug-likeness (QED) is 0.278. The van der Waals surface area contributed by atoms with Gasteiger partial charge in [0.25, 0.3) is 11.8 Å². The number of para-hydroxylation sites is 1. The number of ether oxygens (including phenoxy) is 2.